The van der Waals surface area contributed by atoms with Gasteiger partial charge < -0.3 is 25.4 Å². The van der Waals surface area contributed by atoms with Crippen LogP contribution in [-0.4, -0.2) is 29.1 Å². The van der Waals surface area contributed by atoms with Crippen LogP contribution in [0.1, 0.15) is 47.1 Å². The number of carbonyl (C=O) groups excluding carboxylic acids is 2. The molecule has 3 aromatic rings. The number of pyridine rings is 1. The van der Waals surface area contributed by atoms with Crippen LogP contribution in [0.5, 0.6) is 17.2 Å². The van der Waals surface area contributed by atoms with Crippen molar-refractivity contribution in [3.8, 4) is 17.2 Å². The molecule has 1 fully saturated rings. The van der Waals surface area contributed by atoms with E-state index in [4.69, 9.17) is 9.47 Å². The van der Waals surface area contributed by atoms with E-state index in [1.165, 1.54) is 11.1 Å². The zero-order valence-electron chi connectivity index (χ0n) is 18.9. The van der Waals surface area contributed by atoms with E-state index in [9.17, 15) is 9.59 Å². The second-order valence-corrected chi connectivity index (χ2v) is 9.53. The lowest BCUT2D eigenvalue weighted by atomic mass is 10.1. The van der Waals surface area contributed by atoms with Crippen molar-refractivity contribution in [2.75, 3.05) is 5.32 Å². The maximum absolute atomic E-state index is 12.7. The number of rotatable bonds is 4. The van der Waals surface area contributed by atoms with Gasteiger partial charge in [0.2, 0.25) is 5.91 Å². The third-order valence-electron chi connectivity index (χ3n) is 7.39. The third kappa shape index (κ3) is 3.48. The molecule has 4 aliphatic rings. The number of amides is 3. The predicted octanol–water partition coefficient (Wildman–Crippen LogP) is 3.97. The molecule has 2 aromatic carbocycles. The number of aryl methyl sites for hydroxylation is 1. The van der Waals surface area contributed by atoms with Gasteiger partial charge in [0, 0.05) is 23.7 Å². The standard InChI is InChI=1S/C27H24N4O4/c32-22-10-7-17-21(11-12-28-26(17)30-22)34-15-6-9-20-18(13-15)23-24(25(23)35-20)31-27(33)29-19-8-5-14-3-1-2-4-16(14)19/h1-4,6,9,11-13,19,23-25H,5,7-8,10H2,(H,28,30,32)(H2,29,31,33)/t19-,23+,24+,25?/m1/s1. The van der Waals surface area contributed by atoms with Crippen LogP contribution in [-0.2, 0) is 17.6 Å². The van der Waals surface area contributed by atoms with Gasteiger partial charge in [0.05, 0.1) is 18.0 Å². The normalized spacial score (nSPS) is 24.7. The van der Waals surface area contributed by atoms with E-state index in [0.717, 1.165) is 29.7 Å². The maximum atomic E-state index is 12.7. The summed E-state index contributed by atoms with van der Waals surface area (Å²) in [5.74, 6) is 2.85. The van der Waals surface area contributed by atoms with E-state index >= 15 is 0 Å². The molecule has 0 radical (unpaired) electrons. The fraction of sp³-hybridized carbons (Fsp3) is 0.296. The Hall–Kier alpha value is -4.07. The highest BCUT2D eigenvalue weighted by molar-refractivity contribution is 5.93. The van der Waals surface area contributed by atoms with E-state index in [2.05, 4.69) is 33.1 Å². The Morgan fingerprint density at radius 2 is 1.97 bits per heavy atom. The summed E-state index contributed by atoms with van der Waals surface area (Å²) in [4.78, 5) is 28.7. The van der Waals surface area contributed by atoms with Crippen molar-refractivity contribution in [3.63, 3.8) is 0 Å². The molecule has 1 aromatic heterocycles. The van der Waals surface area contributed by atoms with E-state index in [1.54, 1.807) is 6.20 Å². The van der Waals surface area contributed by atoms with E-state index in [0.29, 0.717) is 30.2 Å². The van der Waals surface area contributed by atoms with Crippen LogP contribution >= 0.6 is 0 Å². The SMILES string of the molecule is O=C1CCc2c(Oc3ccc4c(c3)[C@@H]3C(O4)[C@H]3NC(=O)N[C@@H]3CCc4ccccc43)ccnc2N1. The molecular weight excluding hydrogens is 444 g/mol. The zero-order chi connectivity index (χ0) is 23.5. The zero-order valence-corrected chi connectivity index (χ0v) is 18.9. The first-order valence-electron chi connectivity index (χ1n) is 12.0. The van der Waals surface area contributed by atoms with Crippen LogP contribution < -0.4 is 25.4 Å². The lowest BCUT2D eigenvalue weighted by molar-refractivity contribution is -0.116. The molecule has 8 nitrogen and oxygen atoms in total. The summed E-state index contributed by atoms with van der Waals surface area (Å²) in [6.45, 7) is 0. The van der Waals surface area contributed by atoms with Crippen LogP contribution in [0.15, 0.2) is 54.7 Å². The number of hydrogen-bond donors (Lipinski definition) is 3. The van der Waals surface area contributed by atoms with Gasteiger partial charge in [-0.25, -0.2) is 9.78 Å². The molecule has 3 heterocycles. The van der Waals surface area contributed by atoms with Crippen molar-refractivity contribution < 1.29 is 19.1 Å². The highest BCUT2D eigenvalue weighted by atomic mass is 16.5. The largest absolute Gasteiger partial charge is 0.487 e. The minimum atomic E-state index is -0.158. The molecule has 0 bridgehead atoms. The number of ether oxygens (including phenoxy) is 2. The van der Waals surface area contributed by atoms with Gasteiger partial charge in [-0.2, -0.15) is 0 Å². The molecule has 1 unspecified atom stereocenters. The van der Waals surface area contributed by atoms with E-state index in [-0.39, 0.29) is 36.0 Å². The van der Waals surface area contributed by atoms with Gasteiger partial charge in [-0.3, -0.25) is 4.79 Å². The second kappa shape index (κ2) is 7.73. The molecule has 2 aliphatic carbocycles. The molecule has 4 atom stereocenters. The first-order chi connectivity index (χ1) is 17.1. The first-order valence-corrected chi connectivity index (χ1v) is 12.0. The van der Waals surface area contributed by atoms with Crippen LogP contribution in [0.4, 0.5) is 10.6 Å². The monoisotopic (exact) mass is 468 g/mol. The Bertz CT molecular complexity index is 1370. The summed E-state index contributed by atoms with van der Waals surface area (Å²) in [7, 11) is 0. The summed E-state index contributed by atoms with van der Waals surface area (Å²) >= 11 is 0. The number of nitrogens with one attached hydrogen (secondary N) is 3. The third-order valence-corrected chi connectivity index (χ3v) is 7.39. The van der Waals surface area contributed by atoms with Gasteiger partial charge >= 0.3 is 6.03 Å². The highest BCUT2D eigenvalue weighted by Crippen LogP contribution is 2.54. The molecule has 3 N–H and O–H groups in total. The Morgan fingerprint density at radius 3 is 2.91 bits per heavy atom. The highest BCUT2D eigenvalue weighted by Gasteiger charge is 2.59. The first kappa shape index (κ1) is 20.3. The van der Waals surface area contributed by atoms with Crippen molar-refractivity contribution in [1.82, 2.24) is 15.6 Å². The minimum Gasteiger partial charge on any atom is -0.487 e. The molecule has 7 rings (SSSR count). The van der Waals surface area contributed by atoms with E-state index in [1.807, 2.05) is 36.4 Å². The quantitative estimate of drug-likeness (QED) is 0.538. The van der Waals surface area contributed by atoms with Gasteiger partial charge in [0.1, 0.15) is 29.2 Å². The number of nitrogens with zero attached hydrogens (tertiary/aromatic N) is 1. The molecule has 2 aliphatic heterocycles. The fourth-order valence-corrected chi connectivity index (χ4v) is 5.61. The molecular formula is C27H24N4O4. The number of urea groups is 1. The predicted molar refractivity (Wildman–Crippen MR) is 128 cm³/mol. The lowest BCUT2D eigenvalue weighted by Gasteiger charge is -2.19. The Balaban J connectivity index is 1.03. The van der Waals surface area contributed by atoms with Gasteiger partial charge in [-0.1, -0.05) is 24.3 Å². The molecule has 0 saturated heterocycles. The van der Waals surface area contributed by atoms with Gasteiger partial charge in [-0.15, -0.1) is 0 Å². The summed E-state index contributed by atoms with van der Waals surface area (Å²) < 4.78 is 12.3. The average molecular weight is 469 g/mol. The van der Waals surface area contributed by atoms with Crippen LogP contribution in [0.25, 0.3) is 0 Å². The molecule has 0 spiro atoms. The number of anilines is 1. The van der Waals surface area contributed by atoms with Crippen LogP contribution in [0, 0.1) is 0 Å². The average Bonchev–Trinajstić information content (AvgIpc) is 3.18. The molecule has 176 valence electrons. The topological polar surface area (TPSA) is 102 Å². The Morgan fingerprint density at radius 1 is 1.06 bits per heavy atom. The maximum Gasteiger partial charge on any atom is 0.315 e. The second-order valence-electron chi connectivity index (χ2n) is 9.53. The fourth-order valence-electron chi connectivity index (χ4n) is 5.61. The van der Waals surface area contributed by atoms with Crippen molar-refractivity contribution in [3.05, 3.63) is 77.0 Å². The summed E-state index contributed by atoms with van der Waals surface area (Å²) in [5, 5.41) is 9.03. The van der Waals surface area contributed by atoms with Crippen molar-refractivity contribution >= 4 is 17.8 Å². The number of hydrogen-bond acceptors (Lipinski definition) is 5. The molecule has 8 heteroatoms. The molecule has 1 saturated carbocycles. The Labute approximate surface area is 202 Å². The van der Waals surface area contributed by atoms with Gasteiger partial charge in [0.15, 0.2) is 0 Å². The number of fused-ring (bicyclic) bond motifs is 5. The summed E-state index contributed by atoms with van der Waals surface area (Å²) in [5.41, 5.74) is 4.46. The molecule has 3 amide bonds. The van der Waals surface area contributed by atoms with Crippen LogP contribution in [0.3, 0.4) is 0 Å². The number of aromatic nitrogens is 1. The number of carbonyl (C=O) groups is 2. The van der Waals surface area contributed by atoms with Crippen LogP contribution in [0.2, 0.25) is 0 Å². The number of benzene rings is 2. The Kier molecular flexibility index (Phi) is 4.49. The summed E-state index contributed by atoms with van der Waals surface area (Å²) in [6, 6.07) is 15.7. The van der Waals surface area contributed by atoms with Crippen molar-refractivity contribution in [2.24, 2.45) is 0 Å². The van der Waals surface area contributed by atoms with Gasteiger partial charge in [-0.05, 0) is 54.7 Å². The van der Waals surface area contributed by atoms with E-state index < -0.39 is 0 Å². The smallest absolute Gasteiger partial charge is 0.315 e. The summed E-state index contributed by atoms with van der Waals surface area (Å²) in [6.07, 6.45) is 4.50. The lowest BCUT2D eigenvalue weighted by Crippen LogP contribution is -2.40. The van der Waals surface area contributed by atoms with Crippen molar-refractivity contribution in [1.29, 1.82) is 0 Å². The van der Waals surface area contributed by atoms with Crippen molar-refractivity contribution in [2.45, 2.75) is 49.8 Å². The minimum absolute atomic E-state index is 0.0312. The molecule has 35 heavy (non-hydrogen) atoms. The van der Waals surface area contributed by atoms with Gasteiger partial charge in [0.25, 0.3) is 0 Å².